The van der Waals surface area contributed by atoms with Crippen molar-refractivity contribution < 1.29 is 14.8 Å². The van der Waals surface area contributed by atoms with Gasteiger partial charge in [0.15, 0.2) is 5.52 Å². The summed E-state index contributed by atoms with van der Waals surface area (Å²) in [6, 6.07) is 6.34. The molecular weight excluding hydrogens is 262 g/mol. The third-order valence-corrected chi connectivity index (χ3v) is 3.31. The Bertz CT molecular complexity index is 661. The largest absolute Gasteiger partial charge is 0.486 e. The van der Waals surface area contributed by atoms with E-state index in [9.17, 15) is 15.2 Å². The minimum Gasteiger partial charge on any atom is -0.486 e. The summed E-state index contributed by atoms with van der Waals surface area (Å²) in [4.78, 5) is 14.6. The number of β-amino-alcohol motifs (C(OH)–C–C–N with tert-alkyl or cyclic N) is 1. The van der Waals surface area contributed by atoms with Crippen LogP contribution in [0.3, 0.4) is 0 Å². The molecule has 2 N–H and O–H groups in total. The number of aromatic nitrogens is 1. The van der Waals surface area contributed by atoms with Crippen LogP contribution in [0, 0.1) is 10.1 Å². The van der Waals surface area contributed by atoms with Crippen molar-refractivity contribution in [3.63, 3.8) is 0 Å². The second kappa shape index (κ2) is 5.03. The Morgan fingerprint density at radius 1 is 1.40 bits per heavy atom. The Kier molecular flexibility index (Phi) is 3.21. The van der Waals surface area contributed by atoms with Gasteiger partial charge < -0.3 is 15.2 Å². The van der Waals surface area contributed by atoms with Crippen LogP contribution >= 0.6 is 0 Å². The summed E-state index contributed by atoms with van der Waals surface area (Å²) < 4.78 is 5.76. The van der Waals surface area contributed by atoms with Gasteiger partial charge in [0.25, 0.3) is 5.69 Å². The number of non-ortho nitro benzene ring substituents is 1. The normalized spacial score (nSPS) is 22.1. The smallest absolute Gasteiger partial charge is 0.295 e. The van der Waals surface area contributed by atoms with Gasteiger partial charge >= 0.3 is 0 Å². The highest BCUT2D eigenvalue weighted by molar-refractivity contribution is 5.92. The van der Waals surface area contributed by atoms with Crippen molar-refractivity contribution in [1.29, 1.82) is 0 Å². The number of rotatable bonds is 3. The van der Waals surface area contributed by atoms with Gasteiger partial charge in [-0.2, -0.15) is 0 Å². The first kappa shape index (κ1) is 12.8. The topological polar surface area (TPSA) is 97.5 Å². The molecule has 20 heavy (non-hydrogen) atoms. The standard InChI is InChI=1S/C13H13N3O4/c17-10-6-14-7-12(10)20-11-4-3-9(16(18)19)13-8(11)2-1-5-15-13/h1-5,10,12,14,17H,6-7H2. The molecule has 1 aliphatic heterocycles. The Morgan fingerprint density at radius 2 is 2.25 bits per heavy atom. The zero-order valence-electron chi connectivity index (χ0n) is 10.5. The van der Waals surface area contributed by atoms with Crippen LogP contribution in [0.5, 0.6) is 5.75 Å². The number of nitro groups is 1. The maximum absolute atomic E-state index is 11.0. The molecule has 1 fully saturated rings. The summed E-state index contributed by atoms with van der Waals surface area (Å²) in [6.45, 7) is 1.02. The lowest BCUT2D eigenvalue weighted by molar-refractivity contribution is -0.383. The molecule has 0 saturated carbocycles. The van der Waals surface area contributed by atoms with Crippen molar-refractivity contribution in [3.8, 4) is 5.75 Å². The first-order valence-electron chi connectivity index (χ1n) is 6.24. The molecule has 0 aliphatic carbocycles. The van der Waals surface area contributed by atoms with Crippen LogP contribution in [-0.4, -0.2) is 40.3 Å². The number of hydrogen-bond donors (Lipinski definition) is 2. The van der Waals surface area contributed by atoms with Gasteiger partial charge in [-0.1, -0.05) is 0 Å². The number of nitrogens with one attached hydrogen (secondary N) is 1. The Morgan fingerprint density at radius 3 is 2.95 bits per heavy atom. The maximum atomic E-state index is 11.0. The molecule has 2 atom stereocenters. The predicted molar refractivity (Wildman–Crippen MR) is 71.7 cm³/mol. The van der Waals surface area contributed by atoms with Crippen LogP contribution in [0.4, 0.5) is 5.69 Å². The second-order valence-electron chi connectivity index (χ2n) is 4.62. The molecule has 2 unspecified atom stereocenters. The lowest BCUT2D eigenvalue weighted by Gasteiger charge is -2.17. The van der Waals surface area contributed by atoms with E-state index in [4.69, 9.17) is 4.74 Å². The van der Waals surface area contributed by atoms with Crippen molar-refractivity contribution >= 4 is 16.6 Å². The van der Waals surface area contributed by atoms with E-state index in [0.717, 1.165) is 0 Å². The summed E-state index contributed by atoms with van der Waals surface area (Å²) in [6.07, 6.45) is 0.558. The summed E-state index contributed by atoms with van der Waals surface area (Å²) in [5.74, 6) is 0.492. The number of hydrogen-bond acceptors (Lipinski definition) is 6. The van der Waals surface area contributed by atoms with Gasteiger partial charge in [-0.05, 0) is 18.2 Å². The Labute approximate surface area is 114 Å². The summed E-state index contributed by atoms with van der Waals surface area (Å²) in [7, 11) is 0. The monoisotopic (exact) mass is 275 g/mol. The highest BCUT2D eigenvalue weighted by atomic mass is 16.6. The van der Waals surface area contributed by atoms with Gasteiger partial charge in [0.05, 0.1) is 4.92 Å². The predicted octanol–water partition coefficient (Wildman–Crippen LogP) is 0.855. The fraction of sp³-hybridized carbons (Fsp3) is 0.308. The zero-order chi connectivity index (χ0) is 14.1. The summed E-state index contributed by atoms with van der Waals surface area (Å²) in [5, 5.41) is 24.3. The molecule has 1 aromatic carbocycles. The lowest BCUT2D eigenvalue weighted by atomic mass is 10.1. The average molecular weight is 275 g/mol. The molecule has 7 heteroatoms. The highest BCUT2D eigenvalue weighted by Crippen LogP contribution is 2.32. The van der Waals surface area contributed by atoms with E-state index in [1.807, 2.05) is 0 Å². The van der Waals surface area contributed by atoms with E-state index < -0.39 is 11.0 Å². The molecule has 0 spiro atoms. The van der Waals surface area contributed by atoms with Crippen molar-refractivity contribution in [2.75, 3.05) is 13.1 Å². The van der Waals surface area contributed by atoms with Crippen LogP contribution in [0.2, 0.25) is 0 Å². The van der Waals surface area contributed by atoms with E-state index in [-0.39, 0.29) is 17.3 Å². The summed E-state index contributed by atoms with van der Waals surface area (Å²) in [5.41, 5.74) is 0.230. The number of ether oxygens (including phenoxy) is 1. The van der Waals surface area contributed by atoms with Gasteiger partial charge in [0.2, 0.25) is 0 Å². The molecule has 0 radical (unpaired) electrons. The molecule has 104 valence electrons. The summed E-state index contributed by atoms with van der Waals surface area (Å²) >= 11 is 0. The Hall–Kier alpha value is -2.25. The lowest BCUT2D eigenvalue weighted by Crippen LogP contribution is -2.29. The first-order valence-corrected chi connectivity index (χ1v) is 6.24. The zero-order valence-corrected chi connectivity index (χ0v) is 10.5. The number of nitrogens with zero attached hydrogens (tertiary/aromatic N) is 2. The van der Waals surface area contributed by atoms with Crippen molar-refractivity contribution in [2.45, 2.75) is 12.2 Å². The van der Waals surface area contributed by atoms with E-state index in [1.54, 1.807) is 18.2 Å². The third-order valence-electron chi connectivity index (χ3n) is 3.31. The third kappa shape index (κ3) is 2.17. The van der Waals surface area contributed by atoms with Crippen LogP contribution < -0.4 is 10.1 Å². The second-order valence-corrected chi connectivity index (χ2v) is 4.62. The van der Waals surface area contributed by atoms with E-state index >= 15 is 0 Å². The molecule has 0 bridgehead atoms. The van der Waals surface area contributed by atoms with Crippen LogP contribution in [-0.2, 0) is 0 Å². The number of aliphatic hydroxyl groups is 1. The number of pyridine rings is 1. The number of benzene rings is 1. The van der Waals surface area contributed by atoms with Gasteiger partial charge in [-0.15, -0.1) is 0 Å². The van der Waals surface area contributed by atoms with E-state index in [2.05, 4.69) is 10.3 Å². The Balaban J connectivity index is 2.04. The molecule has 2 heterocycles. The van der Waals surface area contributed by atoms with Gasteiger partial charge in [-0.25, -0.2) is 4.98 Å². The van der Waals surface area contributed by atoms with Crippen molar-refractivity contribution in [1.82, 2.24) is 10.3 Å². The molecule has 1 aromatic heterocycles. The molecule has 1 saturated heterocycles. The molecule has 7 nitrogen and oxygen atoms in total. The van der Waals surface area contributed by atoms with Crippen LogP contribution in [0.15, 0.2) is 30.5 Å². The minimum absolute atomic E-state index is 0.0574. The van der Waals surface area contributed by atoms with Crippen LogP contribution in [0.1, 0.15) is 0 Å². The fourth-order valence-corrected chi connectivity index (χ4v) is 2.31. The minimum atomic E-state index is -0.586. The molecule has 3 rings (SSSR count). The maximum Gasteiger partial charge on any atom is 0.295 e. The highest BCUT2D eigenvalue weighted by Gasteiger charge is 2.27. The number of nitro benzene ring substituents is 1. The molecule has 0 amide bonds. The van der Waals surface area contributed by atoms with Gasteiger partial charge in [0, 0.05) is 30.7 Å². The van der Waals surface area contributed by atoms with Crippen LogP contribution in [0.25, 0.3) is 10.9 Å². The van der Waals surface area contributed by atoms with Gasteiger partial charge in [-0.3, -0.25) is 10.1 Å². The molecule has 1 aliphatic rings. The fourth-order valence-electron chi connectivity index (χ4n) is 2.31. The van der Waals surface area contributed by atoms with Gasteiger partial charge in [0.1, 0.15) is 18.0 Å². The van der Waals surface area contributed by atoms with E-state index in [0.29, 0.717) is 24.2 Å². The first-order chi connectivity index (χ1) is 9.66. The SMILES string of the molecule is O=[N+]([O-])c1ccc(OC2CNCC2O)c2cccnc12. The van der Waals surface area contributed by atoms with Crippen molar-refractivity contribution in [2.24, 2.45) is 0 Å². The number of fused-ring (bicyclic) bond motifs is 1. The molecule has 2 aromatic rings. The average Bonchev–Trinajstić information content (AvgIpc) is 2.84. The van der Waals surface area contributed by atoms with E-state index in [1.165, 1.54) is 12.3 Å². The molecular formula is C13H13N3O4. The number of aliphatic hydroxyl groups excluding tert-OH is 1. The quantitative estimate of drug-likeness (QED) is 0.636. The van der Waals surface area contributed by atoms with Crippen molar-refractivity contribution in [3.05, 3.63) is 40.6 Å².